The highest BCUT2D eigenvalue weighted by molar-refractivity contribution is 5.91. The highest BCUT2D eigenvalue weighted by Gasteiger charge is 2.14. The van der Waals surface area contributed by atoms with Gasteiger partial charge in [0.25, 0.3) is 0 Å². The molecule has 2 aliphatic rings. The van der Waals surface area contributed by atoms with E-state index >= 15 is 0 Å². The van der Waals surface area contributed by atoms with E-state index in [0.717, 1.165) is 49.5 Å². The van der Waals surface area contributed by atoms with Crippen molar-refractivity contribution in [3.8, 4) is 11.5 Å². The molecule has 1 aromatic rings. The summed E-state index contributed by atoms with van der Waals surface area (Å²) in [5.74, 6) is 2.02. The third-order valence-corrected chi connectivity index (χ3v) is 3.85. The van der Waals surface area contributed by atoms with Crippen molar-refractivity contribution < 1.29 is 14.3 Å². The summed E-state index contributed by atoms with van der Waals surface area (Å²) in [4.78, 5) is 11.8. The SMILES string of the molecule is O=C(C=Cc1ccc2c(c1)OCO2)NCC1CCNCC1. The van der Waals surface area contributed by atoms with Crippen molar-refractivity contribution in [2.75, 3.05) is 26.4 Å². The van der Waals surface area contributed by atoms with E-state index in [-0.39, 0.29) is 12.7 Å². The Morgan fingerprint density at radius 1 is 1.29 bits per heavy atom. The summed E-state index contributed by atoms with van der Waals surface area (Å²) >= 11 is 0. The molecule has 21 heavy (non-hydrogen) atoms. The van der Waals surface area contributed by atoms with Crippen LogP contribution in [0.25, 0.3) is 6.08 Å². The molecule has 0 bridgehead atoms. The van der Waals surface area contributed by atoms with Crippen molar-refractivity contribution in [1.82, 2.24) is 10.6 Å². The highest BCUT2D eigenvalue weighted by atomic mass is 16.7. The van der Waals surface area contributed by atoms with Crippen molar-refractivity contribution in [1.29, 1.82) is 0 Å². The minimum atomic E-state index is -0.0498. The van der Waals surface area contributed by atoms with Crippen LogP contribution in [0.1, 0.15) is 18.4 Å². The Kier molecular flexibility index (Phi) is 4.40. The van der Waals surface area contributed by atoms with Gasteiger partial charge in [-0.15, -0.1) is 0 Å². The second-order valence-corrected chi connectivity index (χ2v) is 5.38. The Morgan fingerprint density at radius 2 is 2.10 bits per heavy atom. The van der Waals surface area contributed by atoms with E-state index in [1.807, 2.05) is 18.2 Å². The summed E-state index contributed by atoms with van der Waals surface area (Å²) < 4.78 is 10.6. The van der Waals surface area contributed by atoms with Crippen LogP contribution in [0.2, 0.25) is 0 Å². The van der Waals surface area contributed by atoms with Crippen LogP contribution in [0.5, 0.6) is 11.5 Å². The standard InChI is InChI=1S/C16H20N2O3/c19-16(18-10-13-5-7-17-8-6-13)4-2-12-1-3-14-15(9-12)21-11-20-14/h1-4,9,13,17H,5-8,10-11H2,(H,18,19). The first-order valence-electron chi connectivity index (χ1n) is 7.37. The maximum Gasteiger partial charge on any atom is 0.244 e. The van der Waals surface area contributed by atoms with Crippen LogP contribution >= 0.6 is 0 Å². The summed E-state index contributed by atoms with van der Waals surface area (Å²) in [5.41, 5.74) is 0.927. The maximum atomic E-state index is 11.8. The first-order valence-corrected chi connectivity index (χ1v) is 7.37. The van der Waals surface area contributed by atoms with Crippen LogP contribution in [-0.2, 0) is 4.79 Å². The molecule has 3 rings (SSSR count). The molecule has 1 saturated heterocycles. The monoisotopic (exact) mass is 288 g/mol. The number of hydrogen-bond donors (Lipinski definition) is 2. The molecule has 5 nitrogen and oxygen atoms in total. The lowest BCUT2D eigenvalue weighted by Gasteiger charge is -2.22. The number of carbonyl (C=O) groups excluding carboxylic acids is 1. The zero-order valence-electron chi connectivity index (χ0n) is 11.9. The summed E-state index contributed by atoms with van der Waals surface area (Å²) in [6.07, 6.45) is 5.62. The average molecular weight is 288 g/mol. The molecule has 112 valence electrons. The van der Waals surface area contributed by atoms with Crippen molar-refractivity contribution in [2.24, 2.45) is 5.92 Å². The number of carbonyl (C=O) groups is 1. The molecule has 2 N–H and O–H groups in total. The van der Waals surface area contributed by atoms with Crippen molar-refractivity contribution in [3.05, 3.63) is 29.8 Å². The van der Waals surface area contributed by atoms with Gasteiger partial charge in [-0.05, 0) is 55.6 Å². The number of benzene rings is 1. The van der Waals surface area contributed by atoms with Gasteiger partial charge in [-0.2, -0.15) is 0 Å². The summed E-state index contributed by atoms with van der Waals surface area (Å²) in [5, 5.41) is 6.29. The van der Waals surface area contributed by atoms with Gasteiger partial charge in [-0.1, -0.05) is 6.07 Å². The number of piperidine rings is 1. The predicted molar refractivity (Wildman–Crippen MR) is 80.2 cm³/mol. The molecule has 5 heteroatoms. The Morgan fingerprint density at radius 3 is 2.95 bits per heavy atom. The van der Waals surface area contributed by atoms with Crippen molar-refractivity contribution >= 4 is 12.0 Å². The topological polar surface area (TPSA) is 59.6 Å². The maximum absolute atomic E-state index is 11.8. The molecule has 2 heterocycles. The number of nitrogens with one attached hydrogen (secondary N) is 2. The second kappa shape index (κ2) is 6.63. The van der Waals surface area contributed by atoms with E-state index in [1.165, 1.54) is 0 Å². The van der Waals surface area contributed by atoms with Gasteiger partial charge in [0.2, 0.25) is 12.7 Å². The summed E-state index contributed by atoms with van der Waals surface area (Å²) in [7, 11) is 0. The highest BCUT2D eigenvalue weighted by Crippen LogP contribution is 2.32. The normalized spacial score (nSPS) is 18.1. The minimum Gasteiger partial charge on any atom is -0.454 e. The van der Waals surface area contributed by atoms with Gasteiger partial charge in [0, 0.05) is 12.6 Å². The van der Waals surface area contributed by atoms with Crippen LogP contribution in [0.15, 0.2) is 24.3 Å². The van der Waals surface area contributed by atoms with E-state index in [4.69, 9.17) is 9.47 Å². The molecule has 0 radical (unpaired) electrons. The van der Waals surface area contributed by atoms with E-state index in [1.54, 1.807) is 12.2 Å². The van der Waals surface area contributed by atoms with Crippen LogP contribution in [0.4, 0.5) is 0 Å². The predicted octanol–water partition coefficient (Wildman–Crippen LogP) is 1.54. The molecule has 0 saturated carbocycles. The van der Waals surface area contributed by atoms with Crippen LogP contribution in [0, 0.1) is 5.92 Å². The van der Waals surface area contributed by atoms with E-state index in [2.05, 4.69) is 10.6 Å². The number of fused-ring (bicyclic) bond motifs is 1. The van der Waals surface area contributed by atoms with E-state index in [0.29, 0.717) is 5.92 Å². The molecule has 1 fully saturated rings. The molecule has 1 amide bonds. The average Bonchev–Trinajstić information content (AvgIpc) is 2.99. The van der Waals surface area contributed by atoms with E-state index in [9.17, 15) is 4.79 Å². The second-order valence-electron chi connectivity index (χ2n) is 5.38. The summed E-state index contributed by atoms with van der Waals surface area (Å²) in [6, 6.07) is 5.64. The quantitative estimate of drug-likeness (QED) is 0.825. The molecular formula is C16H20N2O3. The first kappa shape index (κ1) is 13.9. The fraction of sp³-hybridized carbons (Fsp3) is 0.438. The van der Waals surface area contributed by atoms with Crippen LogP contribution in [-0.4, -0.2) is 32.3 Å². The van der Waals surface area contributed by atoms with Gasteiger partial charge >= 0.3 is 0 Å². The number of ether oxygens (including phenoxy) is 2. The Balaban J connectivity index is 1.49. The lowest BCUT2D eigenvalue weighted by atomic mass is 9.98. The lowest BCUT2D eigenvalue weighted by Crippen LogP contribution is -2.35. The lowest BCUT2D eigenvalue weighted by molar-refractivity contribution is -0.116. The minimum absolute atomic E-state index is 0.0498. The largest absolute Gasteiger partial charge is 0.454 e. The van der Waals surface area contributed by atoms with Gasteiger partial charge < -0.3 is 20.1 Å². The van der Waals surface area contributed by atoms with Gasteiger partial charge in [0.05, 0.1) is 0 Å². The zero-order chi connectivity index (χ0) is 14.5. The van der Waals surface area contributed by atoms with Gasteiger partial charge in [-0.3, -0.25) is 4.79 Å². The summed E-state index contributed by atoms with van der Waals surface area (Å²) in [6.45, 7) is 3.12. The van der Waals surface area contributed by atoms with Gasteiger partial charge in [0.15, 0.2) is 11.5 Å². The fourth-order valence-corrected chi connectivity index (χ4v) is 2.58. The third kappa shape index (κ3) is 3.76. The van der Waals surface area contributed by atoms with Crippen molar-refractivity contribution in [3.63, 3.8) is 0 Å². The van der Waals surface area contributed by atoms with Crippen LogP contribution in [0.3, 0.4) is 0 Å². The molecule has 2 aliphatic heterocycles. The first-order chi connectivity index (χ1) is 10.3. The third-order valence-electron chi connectivity index (χ3n) is 3.85. The Hall–Kier alpha value is -2.01. The molecule has 1 aromatic carbocycles. The van der Waals surface area contributed by atoms with Crippen molar-refractivity contribution in [2.45, 2.75) is 12.8 Å². The zero-order valence-corrected chi connectivity index (χ0v) is 11.9. The number of amides is 1. The smallest absolute Gasteiger partial charge is 0.244 e. The van der Waals surface area contributed by atoms with Crippen LogP contribution < -0.4 is 20.1 Å². The molecule has 0 spiro atoms. The van der Waals surface area contributed by atoms with E-state index < -0.39 is 0 Å². The molecule has 0 aromatic heterocycles. The molecule has 0 atom stereocenters. The fourth-order valence-electron chi connectivity index (χ4n) is 2.58. The Labute approximate surface area is 124 Å². The van der Waals surface area contributed by atoms with Gasteiger partial charge in [0.1, 0.15) is 0 Å². The Bertz CT molecular complexity index is 536. The van der Waals surface area contributed by atoms with Gasteiger partial charge in [-0.25, -0.2) is 0 Å². The molecule has 0 unspecified atom stereocenters. The number of hydrogen-bond acceptors (Lipinski definition) is 4. The molecular weight excluding hydrogens is 268 g/mol. The molecule has 0 aliphatic carbocycles. The number of rotatable bonds is 4.